The van der Waals surface area contributed by atoms with E-state index in [1.807, 2.05) is 0 Å². The van der Waals surface area contributed by atoms with Crippen LogP contribution in [0.15, 0.2) is 0 Å². The molecule has 4 aliphatic rings. The third kappa shape index (κ3) is 4.67. The van der Waals surface area contributed by atoms with Gasteiger partial charge in [-0.2, -0.15) is 0 Å². The molecule has 4 rings (SSSR count). The Morgan fingerprint density at radius 2 is 1.67 bits per heavy atom. The van der Waals surface area contributed by atoms with Gasteiger partial charge in [-0.05, 0) is 75.7 Å². The minimum absolute atomic E-state index is 0.184. The van der Waals surface area contributed by atoms with Gasteiger partial charge in [0.25, 0.3) is 0 Å². The van der Waals surface area contributed by atoms with Gasteiger partial charge in [-0.25, -0.2) is 0 Å². The van der Waals surface area contributed by atoms with Crippen molar-refractivity contribution in [2.75, 3.05) is 26.2 Å². The predicted octanol–water partition coefficient (Wildman–Crippen LogP) is 2.84. The maximum atomic E-state index is 12.9. The van der Waals surface area contributed by atoms with Gasteiger partial charge in [0.2, 0.25) is 11.8 Å². The van der Waals surface area contributed by atoms with Crippen molar-refractivity contribution in [2.45, 2.75) is 83.1 Å². The van der Waals surface area contributed by atoms with Crippen LogP contribution < -0.4 is 10.6 Å². The molecule has 1 spiro atoms. The first-order valence-electron chi connectivity index (χ1n) is 11.4. The first-order valence-corrected chi connectivity index (χ1v) is 11.4. The molecular formula is C22H37N3O2. The van der Waals surface area contributed by atoms with E-state index < -0.39 is 0 Å². The van der Waals surface area contributed by atoms with E-state index in [9.17, 15) is 9.59 Å². The van der Waals surface area contributed by atoms with Crippen LogP contribution in [0, 0.1) is 17.3 Å². The third-order valence-electron chi connectivity index (χ3n) is 7.86. The number of carbonyl (C=O) groups excluding carboxylic acids is 2. The van der Waals surface area contributed by atoms with E-state index in [4.69, 9.17) is 0 Å². The lowest BCUT2D eigenvalue weighted by Gasteiger charge is -2.41. The van der Waals surface area contributed by atoms with Gasteiger partial charge in [-0.1, -0.05) is 12.8 Å². The first-order chi connectivity index (χ1) is 13.1. The normalized spacial score (nSPS) is 31.3. The number of nitrogens with zero attached hydrogens (tertiary/aromatic N) is 1. The summed E-state index contributed by atoms with van der Waals surface area (Å²) >= 11 is 0. The summed E-state index contributed by atoms with van der Waals surface area (Å²) in [7, 11) is 0. The summed E-state index contributed by atoms with van der Waals surface area (Å²) in [6.45, 7) is 4.17. The highest BCUT2D eigenvalue weighted by Crippen LogP contribution is 2.38. The van der Waals surface area contributed by atoms with Crippen LogP contribution in [0.1, 0.15) is 77.0 Å². The summed E-state index contributed by atoms with van der Waals surface area (Å²) in [5.74, 6) is 1.42. The number of hydrogen-bond acceptors (Lipinski definition) is 3. The number of hydrogen-bond donors (Lipinski definition) is 2. The van der Waals surface area contributed by atoms with Crippen LogP contribution >= 0.6 is 0 Å². The Morgan fingerprint density at radius 3 is 2.30 bits per heavy atom. The van der Waals surface area contributed by atoms with Gasteiger partial charge in [0.15, 0.2) is 0 Å². The largest absolute Gasteiger partial charge is 0.353 e. The van der Waals surface area contributed by atoms with E-state index in [0.717, 1.165) is 64.7 Å². The summed E-state index contributed by atoms with van der Waals surface area (Å²) in [6, 6.07) is 0.289. The molecule has 2 saturated heterocycles. The molecule has 2 amide bonds. The quantitative estimate of drug-likeness (QED) is 0.794. The lowest BCUT2D eigenvalue weighted by Crippen LogP contribution is -2.47. The van der Waals surface area contributed by atoms with E-state index >= 15 is 0 Å². The fourth-order valence-electron chi connectivity index (χ4n) is 5.93. The van der Waals surface area contributed by atoms with Gasteiger partial charge in [0.05, 0.1) is 0 Å². The average molecular weight is 376 g/mol. The maximum absolute atomic E-state index is 12.9. The zero-order chi connectivity index (χ0) is 18.7. The number of rotatable bonds is 4. The van der Waals surface area contributed by atoms with Crippen LogP contribution in [0.5, 0.6) is 0 Å². The fraction of sp³-hybridized carbons (Fsp3) is 0.909. The Labute approximate surface area is 164 Å². The van der Waals surface area contributed by atoms with Crippen molar-refractivity contribution >= 4 is 11.8 Å². The zero-order valence-corrected chi connectivity index (χ0v) is 16.8. The second kappa shape index (κ2) is 8.50. The lowest BCUT2D eigenvalue weighted by atomic mass is 9.77. The average Bonchev–Trinajstić information content (AvgIpc) is 3.35. The molecule has 4 fully saturated rings. The maximum Gasteiger partial charge on any atom is 0.225 e. The van der Waals surface area contributed by atoms with Crippen LogP contribution in [0.3, 0.4) is 0 Å². The molecule has 2 N–H and O–H groups in total. The summed E-state index contributed by atoms with van der Waals surface area (Å²) in [5, 5.41) is 6.74. The van der Waals surface area contributed by atoms with Crippen LogP contribution in [-0.4, -0.2) is 48.9 Å². The first kappa shape index (κ1) is 19.2. The van der Waals surface area contributed by atoms with Gasteiger partial charge < -0.3 is 15.5 Å². The molecule has 2 saturated carbocycles. The smallest absolute Gasteiger partial charge is 0.225 e. The van der Waals surface area contributed by atoms with Gasteiger partial charge in [0.1, 0.15) is 0 Å². The van der Waals surface area contributed by atoms with E-state index in [0.29, 0.717) is 23.7 Å². The number of piperidine rings is 1. The van der Waals surface area contributed by atoms with Gasteiger partial charge >= 0.3 is 0 Å². The monoisotopic (exact) mass is 375 g/mol. The molecule has 0 aromatic rings. The highest BCUT2D eigenvalue weighted by Gasteiger charge is 2.39. The minimum atomic E-state index is 0.184. The van der Waals surface area contributed by atoms with Crippen LogP contribution in [0.2, 0.25) is 0 Å². The molecule has 0 aromatic carbocycles. The second-order valence-electron chi connectivity index (χ2n) is 9.72. The van der Waals surface area contributed by atoms with E-state index in [1.165, 1.54) is 32.1 Å². The standard InChI is InChI=1S/C22H37N3O2/c26-20(15-17-3-1-2-4-17)24-19-7-5-18(6-8-19)21(27)25-13-10-22(11-14-25)9-12-23-16-22/h17-19,23H,1-16H2,(H,24,26). The Balaban J connectivity index is 1.17. The lowest BCUT2D eigenvalue weighted by molar-refractivity contribution is -0.139. The van der Waals surface area contributed by atoms with Crippen molar-refractivity contribution in [3.8, 4) is 0 Å². The second-order valence-corrected chi connectivity index (χ2v) is 9.72. The van der Waals surface area contributed by atoms with Crippen molar-refractivity contribution < 1.29 is 9.59 Å². The van der Waals surface area contributed by atoms with Crippen LogP contribution in [0.4, 0.5) is 0 Å². The van der Waals surface area contributed by atoms with Gasteiger partial charge in [0, 0.05) is 38.0 Å². The van der Waals surface area contributed by atoms with Crippen molar-refractivity contribution in [2.24, 2.45) is 17.3 Å². The Morgan fingerprint density at radius 1 is 0.963 bits per heavy atom. The third-order valence-corrected chi connectivity index (χ3v) is 7.86. The van der Waals surface area contributed by atoms with Gasteiger partial charge in [-0.3, -0.25) is 9.59 Å². The Kier molecular flexibility index (Phi) is 6.05. The minimum Gasteiger partial charge on any atom is -0.353 e. The number of amides is 2. The predicted molar refractivity (Wildman–Crippen MR) is 106 cm³/mol. The molecule has 152 valence electrons. The topological polar surface area (TPSA) is 61.4 Å². The summed E-state index contributed by atoms with van der Waals surface area (Å²) in [4.78, 5) is 27.3. The van der Waals surface area contributed by atoms with Crippen molar-refractivity contribution in [1.82, 2.24) is 15.5 Å². The zero-order valence-electron chi connectivity index (χ0n) is 16.8. The highest BCUT2D eigenvalue weighted by molar-refractivity contribution is 5.79. The Bertz CT molecular complexity index is 520. The molecule has 2 aliphatic heterocycles. The molecule has 0 bridgehead atoms. The molecule has 2 heterocycles. The molecule has 5 heteroatoms. The van der Waals surface area contributed by atoms with Crippen molar-refractivity contribution in [1.29, 1.82) is 0 Å². The Hall–Kier alpha value is -1.10. The number of carbonyl (C=O) groups is 2. The number of likely N-dealkylation sites (tertiary alicyclic amines) is 1. The molecule has 0 atom stereocenters. The molecular weight excluding hydrogens is 338 g/mol. The number of nitrogens with one attached hydrogen (secondary N) is 2. The van der Waals surface area contributed by atoms with Crippen LogP contribution in [0.25, 0.3) is 0 Å². The van der Waals surface area contributed by atoms with Crippen LogP contribution in [-0.2, 0) is 9.59 Å². The molecule has 5 nitrogen and oxygen atoms in total. The molecule has 0 unspecified atom stereocenters. The fourth-order valence-corrected chi connectivity index (χ4v) is 5.93. The molecule has 27 heavy (non-hydrogen) atoms. The summed E-state index contributed by atoms with van der Waals surface area (Å²) < 4.78 is 0. The van der Waals surface area contributed by atoms with E-state index in [2.05, 4.69) is 15.5 Å². The van der Waals surface area contributed by atoms with Crippen molar-refractivity contribution in [3.05, 3.63) is 0 Å². The van der Waals surface area contributed by atoms with E-state index in [-0.39, 0.29) is 17.9 Å². The highest BCUT2D eigenvalue weighted by atomic mass is 16.2. The molecule has 0 radical (unpaired) electrons. The molecule has 0 aromatic heterocycles. The van der Waals surface area contributed by atoms with Crippen molar-refractivity contribution in [3.63, 3.8) is 0 Å². The van der Waals surface area contributed by atoms with Gasteiger partial charge in [-0.15, -0.1) is 0 Å². The summed E-state index contributed by atoms with van der Waals surface area (Å²) in [6.07, 6.45) is 13.2. The van der Waals surface area contributed by atoms with E-state index in [1.54, 1.807) is 0 Å². The molecule has 2 aliphatic carbocycles. The SMILES string of the molecule is O=C(CC1CCCC1)NC1CCC(C(=O)N2CCC3(CCNC3)CC2)CC1. The summed E-state index contributed by atoms with van der Waals surface area (Å²) in [5.41, 5.74) is 0.470.